The van der Waals surface area contributed by atoms with E-state index in [0.717, 1.165) is 48.8 Å². The smallest absolute Gasteiger partial charge is 0.200 e. The second-order valence-electron chi connectivity index (χ2n) is 6.99. The lowest BCUT2D eigenvalue weighted by atomic mass is 10.0. The number of nitrogens with one attached hydrogen (secondary N) is 3. The first-order valence-electron chi connectivity index (χ1n) is 9.41. The molecule has 4 aromatic rings. The molecule has 0 atom stereocenters. The molecule has 3 N–H and O–H groups in total. The molecule has 0 radical (unpaired) electrons. The second-order valence-corrected chi connectivity index (χ2v) is 6.99. The molecule has 0 saturated carbocycles. The van der Waals surface area contributed by atoms with Crippen molar-refractivity contribution in [1.82, 2.24) is 19.9 Å². The summed E-state index contributed by atoms with van der Waals surface area (Å²) in [6.45, 7) is 2.04. The lowest BCUT2D eigenvalue weighted by molar-refractivity contribution is 0.525. The van der Waals surface area contributed by atoms with E-state index in [0.29, 0.717) is 6.04 Å². The zero-order valence-electron chi connectivity index (χ0n) is 15.0. The number of aromatic amines is 2. The van der Waals surface area contributed by atoms with Crippen LogP contribution in [0, 0.1) is 0 Å². The quantitative estimate of drug-likeness (QED) is 0.515. The van der Waals surface area contributed by atoms with Crippen LogP contribution in [0.2, 0.25) is 0 Å². The van der Waals surface area contributed by atoms with Crippen LogP contribution < -0.4 is 10.2 Å². The standard InChI is InChI=1S/C21H22N6/c1-2-4-15(5-3-1)18-14-24-21(26-18)25-16-8-12-27(13-9-16)19-7-11-23-20-17(19)6-10-22-20/h1-7,10-11,14,16H,8-9,12-13H2,(H,22,23)(H2,24,25,26). The van der Waals surface area contributed by atoms with Crippen molar-refractivity contribution in [2.75, 3.05) is 23.3 Å². The van der Waals surface area contributed by atoms with E-state index in [1.807, 2.05) is 36.8 Å². The zero-order valence-corrected chi connectivity index (χ0v) is 15.0. The average molecular weight is 358 g/mol. The number of H-pyrrole nitrogens is 2. The normalized spacial score (nSPS) is 15.3. The molecule has 0 spiro atoms. The predicted octanol–water partition coefficient (Wildman–Crippen LogP) is 4.03. The van der Waals surface area contributed by atoms with Gasteiger partial charge in [-0.3, -0.25) is 0 Å². The van der Waals surface area contributed by atoms with E-state index >= 15 is 0 Å². The number of nitrogens with zero attached hydrogens (tertiary/aromatic N) is 3. The molecule has 1 aliphatic heterocycles. The highest BCUT2D eigenvalue weighted by atomic mass is 15.2. The van der Waals surface area contributed by atoms with Crippen LogP contribution in [0.5, 0.6) is 0 Å². The molecule has 1 aliphatic rings. The summed E-state index contributed by atoms with van der Waals surface area (Å²) in [5, 5.41) is 4.76. The Hall–Kier alpha value is -3.28. The van der Waals surface area contributed by atoms with E-state index < -0.39 is 0 Å². The maximum Gasteiger partial charge on any atom is 0.200 e. The third kappa shape index (κ3) is 3.14. The van der Waals surface area contributed by atoms with E-state index in [-0.39, 0.29) is 0 Å². The Balaban J connectivity index is 1.24. The summed E-state index contributed by atoms with van der Waals surface area (Å²) in [5.74, 6) is 0.851. The van der Waals surface area contributed by atoms with Crippen LogP contribution in [-0.4, -0.2) is 39.1 Å². The van der Waals surface area contributed by atoms with Crippen LogP contribution in [0.25, 0.3) is 22.3 Å². The summed E-state index contributed by atoms with van der Waals surface area (Å²) >= 11 is 0. The van der Waals surface area contributed by atoms with Crippen LogP contribution >= 0.6 is 0 Å². The lowest BCUT2D eigenvalue weighted by Crippen LogP contribution is -2.39. The largest absolute Gasteiger partial charge is 0.371 e. The number of pyridine rings is 1. The van der Waals surface area contributed by atoms with Gasteiger partial charge in [-0.15, -0.1) is 0 Å². The van der Waals surface area contributed by atoms with Crippen LogP contribution in [0.3, 0.4) is 0 Å². The first-order chi connectivity index (χ1) is 13.4. The van der Waals surface area contributed by atoms with Crippen LogP contribution in [-0.2, 0) is 0 Å². The highest BCUT2D eigenvalue weighted by molar-refractivity contribution is 5.89. The number of fused-ring (bicyclic) bond motifs is 1. The second kappa shape index (κ2) is 6.79. The van der Waals surface area contributed by atoms with Gasteiger partial charge in [0.2, 0.25) is 5.95 Å². The Morgan fingerprint density at radius 1 is 1.00 bits per heavy atom. The Labute approximate surface area is 157 Å². The summed E-state index contributed by atoms with van der Waals surface area (Å²) < 4.78 is 0. The van der Waals surface area contributed by atoms with E-state index in [9.17, 15) is 0 Å². The Morgan fingerprint density at radius 2 is 1.85 bits per heavy atom. The molecule has 5 rings (SSSR count). The van der Waals surface area contributed by atoms with E-state index in [2.05, 4.69) is 54.4 Å². The maximum atomic E-state index is 4.51. The van der Waals surface area contributed by atoms with E-state index in [1.54, 1.807) is 0 Å². The fourth-order valence-corrected chi connectivity index (χ4v) is 3.84. The van der Waals surface area contributed by atoms with Crippen molar-refractivity contribution < 1.29 is 0 Å². The minimum atomic E-state index is 0.430. The predicted molar refractivity (Wildman–Crippen MR) is 109 cm³/mol. The molecule has 3 aromatic heterocycles. The minimum absolute atomic E-state index is 0.430. The van der Waals surface area contributed by atoms with Crippen molar-refractivity contribution in [3.05, 3.63) is 61.1 Å². The van der Waals surface area contributed by atoms with Gasteiger partial charge in [0.25, 0.3) is 0 Å². The van der Waals surface area contributed by atoms with Gasteiger partial charge in [0.1, 0.15) is 5.65 Å². The van der Waals surface area contributed by atoms with Crippen LogP contribution in [0.15, 0.2) is 61.1 Å². The summed E-state index contributed by atoms with van der Waals surface area (Å²) in [5.41, 5.74) is 4.42. The maximum absolute atomic E-state index is 4.51. The zero-order chi connectivity index (χ0) is 18.1. The molecule has 0 amide bonds. The molecule has 1 saturated heterocycles. The van der Waals surface area contributed by atoms with Crippen LogP contribution in [0.4, 0.5) is 11.6 Å². The molecular formula is C21H22N6. The molecule has 6 nitrogen and oxygen atoms in total. The molecule has 1 fully saturated rings. The number of imidazole rings is 1. The van der Waals surface area contributed by atoms with Crippen molar-refractivity contribution in [2.45, 2.75) is 18.9 Å². The third-order valence-corrected chi connectivity index (χ3v) is 5.27. The van der Waals surface area contributed by atoms with Gasteiger partial charge in [-0.1, -0.05) is 30.3 Å². The van der Waals surface area contributed by atoms with Gasteiger partial charge in [-0.05, 0) is 30.5 Å². The fraction of sp³-hybridized carbons (Fsp3) is 0.238. The molecule has 4 heterocycles. The first kappa shape index (κ1) is 15.9. The summed E-state index contributed by atoms with van der Waals surface area (Å²) in [6, 6.07) is 14.9. The van der Waals surface area contributed by atoms with Gasteiger partial charge in [-0.2, -0.15) is 0 Å². The average Bonchev–Trinajstić information content (AvgIpc) is 3.38. The van der Waals surface area contributed by atoms with Gasteiger partial charge >= 0.3 is 0 Å². The van der Waals surface area contributed by atoms with E-state index in [1.165, 1.54) is 11.1 Å². The van der Waals surface area contributed by atoms with Crippen molar-refractivity contribution in [3.8, 4) is 11.3 Å². The van der Waals surface area contributed by atoms with Gasteiger partial charge < -0.3 is 20.2 Å². The highest BCUT2D eigenvalue weighted by Crippen LogP contribution is 2.28. The number of piperidine rings is 1. The van der Waals surface area contributed by atoms with Crippen molar-refractivity contribution >= 4 is 22.7 Å². The minimum Gasteiger partial charge on any atom is -0.371 e. The van der Waals surface area contributed by atoms with Gasteiger partial charge in [0.15, 0.2) is 0 Å². The van der Waals surface area contributed by atoms with Crippen LogP contribution in [0.1, 0.15) is 12.8 Å². The lowest BCUT2D eigenvalue weighted by Gasteiger charge is -2.34. The monoisotopic (exact) mass is 358 g/mol. The van der Waals surface area contributed by atoms with Gasteiger partial charge in [0, 0.05) is 42.6 Å². The number of benzene rings is 1. The van der Waals surface area contributed by atoms with Crippen molar-refractivity contribution in [3.63, 3.8) is 0 Å². The summed E-state index contributed by atoms with van der Waals surface area (Å²) in [4.78, 5) is 17.9. The number of hydrogen-bond acceptors (Lipinski definition) is 4. The molecule has 136 valence electrons. The molecule has 1 aromatic carbocycles. The highest BCUT2D eigenvalue weighted by Gasteiger charge is 2.21. The molecule has 0 aliphatic carbocycles. The van der Waals surface area contributed by atoms with Gasteiger partial charge in [-0.25, -0.2) is 9.97 Å². The number of anilines is 2. The molecule has 0 bridgehead atoms. The van der Waals surface area contributed by atoms with E-state index in [4.69, 9.17) is 0 Å². The Bertz CT molecular complexity index is 1030. The Morgan fingerprint density at radius 3 is 2.70 bits per heavy atom. The third-order valence-electron chi connectivity index (χ3n) is 5.27. The molecule has 0 unspecified atom stereocenters. The van der Waals surface area contributed by atoms with Crippen molar-refractivity contribution in [2.24, 2.45) is 0 Å². The first-order valence-corrected chi connectivity index (χ1v) is 9.41. The molecule has 27 heavy (non-hydrogen) atoms. The number of rotatable bonds is 4. The SMILES string of the molecule is c1ccc(-c2cnc(NC3CCN(c4ccnc5[nH]ccc45)CC3)[nH]2)cc1. The van der Waals surface area contributed by atoms with Gasteiger partial charge in [0.05, 0.1) is 11.9 Å². The Kier molecular flexibility index (Phi) is 4.01. The summed E-state index contributed by atoms with van der Waals surface area (Å²) in [7, 11) is 0. The number of hydrogen-bond donors (Lipinski definition) is 3. The summed E-state index contributed by atoms with van der Waals surface area (Å²) in [6.07, 6.45) is 7.89. The molecule has 6 heteroatoms. The topological polar surface area (TPSA) is 72.6 Å². The molecular weight excluding hydrogens is 336 g/mol. The number of aromatic nitrogens is 4. The fourth-order valence-electron chi connectivity index (χ4n) is 3.84. The van der Waals surface area contributed by atoms with Crippen molar-refractivity contribution in [1.29, 1.82) is 0 Å².